The van der Waals surface area contributed by atoms with Crippen molar-refractivity contribution < 1.29 is 19.1 Å². The van der Waals surface area contributed by atoms with Gasteiger partial charge in [-0.3, -0.25) is 10.6 Å². The third kappa shape index (κ3) is 6.65. The van der Waals surface area contributed by atoms with Crippen molar-refractivity contribution in [3.63, 3.8) is 0 Å². The van der Waals surface area contributed by atoms with E-state index in [9.17, 15) is 9.59 Å². The van der Waals surface area contributed by atoms with Crippen molar-refractivity contribution in [3.05, 3.63) is 84.2 Å². The monoisotopic (exact) mass is 326 g/mol. The van der Waals surface area contributed by atoms with Gasteiger partial charge in [-0.2, -0.15) is 0 Å². The molecule has 0 heterocycles. The minimum absolute atomic E-state index is 0.174. The Morgan fingerprint density at radius 3 is 1.46 bits per heavy atom. The molecule has 0 aliphatic heterocycles. The lowest BCUT2D eigenvalue weighted by atomic mass is 10.2. The lowest BCUT2D eigenvalue weighted by Gasteiger charge is -2.05. The summed E-state index contributed by atoms with van der Waals surface area (Å²) in [5.74, 6) is 0. The highest BCUT2D eigenvalue weighted by molar-refractivity contribution is 5.70. The number of alkyl carbamates (subject to hydrolysis) is 2. The van der Waals surface area contributed by atoms with Crippen LogP contribution in [-0.4, -0.2) is 12.2 Å². The summed E-state index contributed by atoms with van der Waals surface area (Å²) in [6, 6.07) is 18.6. The summed E-state index contributed by atoms with van der Waals surface area (Å²) in [7, 11) is 0. The number of carbonyl (C=O) groups excluding carboxylic acids is 2. The second-order valence-corrected chi connectivity index (χ2v) is 4.75. The molecule has 0 radical (unpaired) electrons. The van der Waals surface area contributed by atoms with Gasteiger partial charge in [0.2, 0.25) is 0 Å². The Bertz CT molecular complexity index is 612. The average molecular weight is 326 g/mol. The van der Waals surface area contributed by atoms with E-state index in [-0.39, 0.29) is 13.2 Å². The van der Waals surface area contributed by atoms with Crippen molar-refractivity contribution in [2.45, 2.75) is 13.2 Å². The average Bonchev–Trinajstić information content (AvgIpc) is 2.63. The van der Waals surface area contributed by atoms with Crippen molar-refractivity contribution in [2.24, 2.45) is 0 Å². The third-order valence-corrected chi connectivity index (χ3v) is 2.91. The molecule has 0 aliphatic rings. The Kier molecular flexibility index (Phi) is 6.89. The molecule has 2 aromatic rings. The molecule has 0 atom stereocenters. The lowest BCUT2D eigenvalue weighted by Crippen LogP contribution is -2.22. The molecule has 124 valence electrons. The van der Waals surface area contributed by atoms with E-state index in [2.05, 4.69) is 10.6 Å². The smallest absolute Gasteiger partial charge is 0.411 e. The van der Waals surface area contributed by atoms with Crippen LogP contribution in [0.4, 0.5) is 9.59 Å². The Balaban J connectivity index is 1.59. The van der Waals surface area contributed by atoms with E-state index < -0.39 is 12.2 Å². The number of rotatable bonds is 6. The fraction of sp³-hybridized carbons (Fsp3) is 0.111. The lowest BCUT2D eigenvalue weighted by molar-refractivity contribution is 0.141. The van der Waals surface area contributed by atoms with Crippen molar-refractivity contribution in [2.75, 3.05) is 0 Å². The number of hydrogen-bond acceptors (Lipinski definition) is 4. The molecule has 0 saturated carbocycles. The topological polar surface area (TPSA) is 76.7 Å². The van der Waals surface area contributed by atoms with E-state index in [0.29, 0.717) is 0 Å². The predicted molar refractivity (Wildman–Crippen MR) is 88.7 cm³/mol. The van der Waals surface area contributed by atoms with Crippen LogP contribution in [0.15, 0.2) is 73.1 Å². The maximum atomic E-state index is 11.4. The van der Waals surface area contributed by atoms with Crippen molar-refractivity contribution >= 4 is 12.2 Å². The summed E-state index contributed by atoms with van der Waals surface area (Å²) in [4.78, 5) is 22.9. The maximum absolute atomic E-state index is 11.4. The standard InChI is InChI=1S/C18H18N2O4/c21-17(23-13-15-7-3-1-4-8-15)19-11-12-20-18(22)24-14-16-9-5-2-6-10-16/h1-12H,13-14H2,(H,19,21)(H,20,22)/b12-11-. The fourth-order valence-corrected chi connectivity index (χ4v) is 1.75. The number of hydrogen-bond donors (Lipinski definition) is 2. The first kappa shape index (κ1) is 17.1. The minimum atomic E-state index is -0.616. The van der Waals surface area contributed by atoms with Gasteiger partial charge in [-0.05, 0) is 11.1 Å². The summed E-state index contributed by atoms with van der Waals surface area (Å²) >= 11 is 0. The van der Waals surface area contributed by atoms with E-state index in [4.69, 9.17) is 9.47 Å². The third-order valence-electron chi connectivity index (χ3n) is 2.91. The Labute approximate surface area is 140 Å². The molecule has 0 saturated heterocycles. The number of carbonyl (C=O) groups is 2. The fourth-order valence-electron chi connectivity index (χ4n) is 1.75. The van der Waals surface area contributed by atoms with Crippen LogP contribution in [0, 0.1) is 0 Å². The highest BCUT2D eigenvalue weighted by Crippen LogP contribution is 2.01. The maximum Gasteiger partial charge on any atom is 0.411 e. The first-order valence-corrected chi connectivity index (χ1v) is 7.33. The van der Waals surface area contributed by atoms with Gasteiger partial charge in [-0.1, -0.05) is 60.7 Å². The van der Waals surface area contributed by atoms with E-state index in [0.717, 1.165) is 11.1 Å². The van der Waals surface area contributed by atoms with Crippen LogP contribution in [0.3, 0.4) is 0 Å². The summed E-state index contributed by atoms with van der Waals surface area (Å²) in [6.07, 6.45) is 1.29. The van der Waals surface area contributed by atoms with Gasteiger partial charge in [0.05, 0.1) is 0 Å². The van der Waals surface area contributed by atoms with Crippen molar-refractivity contribution in [3.8, 4) is 0 Å². The number of nitrogens with one attached hydrogen (secondary N) is 2. The van der Waals surface area contributed by atoms with E-state index in [1.807, 2.05) is 60.7 Å². The van der Waals surface area contributed by atoms with Crippen LogP contribution in [0.5, 0.6) is 0 Å². The van der Waals surface area contributed by atoms with E-state index in [1.54, 1.807) is 0 Å². The van der Waals surface area contributed by atoms with E-state index in [1.165, 1.54) is 12.4 Å². The van der Waals surface area contributed by atoms with Gasteiger partial charge in [0.15, 0.2) is 0 Å². The molecule has 2 N–H and O–H groups in total. The zero-order chi connectivity index (χ0) is 17.0. The summed E-state index contributed by atoms with van der Waals surface area (Å²) in [5.41, 5.74) is 1.78. The SMILES string of the molecule is O=C(N/C=C\NC(=O)OCc1ccccc1)OCc1ccccc1. The molecule has 2 aromatic carbocycles. The molecular formula is C18H18N2O4. The number of amides is 2. The minimum Gasteiger partial charge on any atom is -0.444 e. The van der Waals surface area contributed by atoms with Crippen LogP contribution in [0.2, 0.25) is 0 Å². The zero-order valence-electron chi connectivity index (χ0n) is 13.0. The first-order valence-electron chi connectivity index (χ1n) is 7.33. The molecule has 6 heteroatoms. The van der Waals surface area contributed by atoms with Crippen LogP contribution >= 0.6 is 0 Å². The zero-order valence-corrected chi connectivity index (χ0v) is 13.0. The van der Waals surface area contributed by atoms with Gasteiger partial charge in [0.1, 0.15) is 13.2 Å². The van der Waals surface area contributed by atoms with Crippen LogP contribution in [-0.2, 0) is 22.7 Å². The molecule has 6 nitrogen and oxygen atoms in total. The van der Waals surface area contributed by atoms with Crippen molar-refractivity contribution in [1.82, 2.24) is 10.6 Å². The normalized spacial score (nSPS) is 10.2. The second-order valence-electron chi connectivity index (χ2n) is 4.75. The van der Waals surface area contributed by atoms with Gasteiger partial charge in [-0.25, -0.2) is 9.59 Å². The van der Waals surface area contributed by atoms with Crippen LogP contribution in [0.25, 0.3) is 0 Å². The summed E-state index contributed by atoms with van der Waals surface area (Å²) in [5, 5.41) is 4.74. The summed E-state index contributed by atoms with van der Waals surface area (Å²) in [6.45, 7) is 0.347. The molecule has 2 rings (SSSR count). The van der Waals surface area contributed by atoms with E-state index >= 15 is 0 Å². The van der Waals surface area contributed by atoms with Gasteiger partial charge < -0.3 is 9.47 Å². The second kappa shape index (κ2) is 9.68. The Morgan fingerprint density at radius 1 is 0.708 bits per heavy atom. The molecular weight excluding hydrogens is 308 g/mol. The Morgan fingerprint density at radius 2 is 1.08 bits per heavy atom. The highest BCUT2D eigenvalue weighted by Gasteiger charge is 2.01. The first-order chi connectivity index (χ1) is 11.7. The van der Waals surface area contributed by atoms with Gasteiger partial charge in [-0.15, -0.1) is 0 Å². The highest BCUT2D eigenvalue weighted by atomic mass is 16.6. The molecule has 0 aliphatic carbocycles. The quantitative estimate of drug-likeness (QED) is 0.854. The van der Waals surface area contributed by atoms with Crippen molar-refractivity contribution in [1.29, 1.82) is 0 Å². The van der Waals surface area contributed by atoms with Crippen LogP contribution in [0.1, 0.15) is 11.1 Å². The molecule has 0 bridgehead atoms. The van der Waals surface area contributed by atoms with Gasteiger partial charge >= 0.3 is 12.2 Å². The van der Waals surface area contributed by atoms with Gasteiger partial charge in [0.25, 0.3) is 0 Å². The Hall–Kier alpha value is -3.28. The molecule has 0 aromatic heterocycles. The molecule has 0 spiro atoms. The predicted octanol–water partition coefficient (Wildman–Crippen LogP) is 3.31. The van der Waals surface area contributed by atoms with Crippen LogP contribution < -0.4 is 10.6 Å². The summed E-state index contributed by atoms with van der Waals surface area (Å²) < 4.78 is 9.99. The number of benzene rings is 2. The molecule has 0 unspecified atom stereocenters. The van der Waals surface area contributed by atoms with Gasteiger partial charge in [0, 0.05) is 12.4 Å². The molecule has 2 amide bonds. The number of ether oxygens (including phenoxy) is 2. The molecule has 24 heavy (non-hydrogen) atoms. The largest absolute Gasteiger partial charge is 0.444 e. The molecule has 0 fully saturated rings.